The van der Waals surface area contributed by atoms with Gasteiger partial charge in [-0.3, -0.25) is 0 Å². The van der Waals surface area contributed by atoms with Gasteiger partial charge in [-0.05, 0) is 222 Å². The lowest BCUT2D eigenvalue weighted by atomic mass is 9.79. The molecule has 6 aromatic rings. The van der Waals surface area contributed by atoms with Crippen LogP contribution in [0.15, 0.2) is 74.4 Å². The number of aromatic nitrogens is 12. The molecule has 129 heavy (non-hydrogen) atoms. The van der Waals surface area contributed by atoms with Crippen molar-refractivity contribution < 1.29 is 28.4 Å². The third kappa shape index (κ3) is 46.4. The van der Waals surface area contributed by atoms with Crippen LogP contribution in [0.4, 0.5) is 0 Å². The van der Waals surface area contributed by atoms with Crippen LogP contribution in [0.2, 0.25) is 0 Å². The number of hydrogen-bond donors (Lipinski definition) is 0. The Kier molecular flexibility index (Phi) is 60.6. The van der Waals surface area contributed by atoms with Crippen LogP contribution in [0.5, 0.6) is 0 Å². The molecule has 6 aliphatic carbocycles. The van der Waals surface area contributed by atoms with Gasteiger partial charge in [0.05, 0.1) is 39.6 Å². The van der Waals surface area contributed by atoms with Crippen molar-refractivity contribution in [2.24, 2.45) is 35.5 Å². The highest BCUT2D eigenvalue weighted by molar-refractivity contribution is 5.13. The largest absolute Gasteiger partial charge is 0.380 e. The first kappa shape index (κ1) is 110. The molecule has 0 aromatic carbocycles. The minimum atomic E-state index is 0.576. The summed E-state index contributed by atoms with van der Waals surface area (Å²) in [5.41, 5.74) is 6.52. The molecule has 6 aliphatic rings. The molecule has 0 N–H and O–H groups in total. The zero-order chi connectivity index (χ0) is 91.6. The monoisotopic (exact) mass is 1780 g/mol. The lowest BCUT2D eigenvalue weighted by Gasteiger charge is -2.27. The molecule has 0 spiro atoms. The van der Waals surface area contributed by atoms with Gasteiger partial charge in [-0.15, -0.1) is 0 Å². The molecule has 726 valence electrons. The maximum atomic E-state index is 5.72. The molecule has 6 fully saturated rings. The quantitative estimate of drug-likeness (QED) is 0.0325. The van der Waals surface area contributed by atoms with Gasteiger partial charge in [-0.25, -0.2) is 59.8 Å². The van der Waals surface area contributed by atoms with E-state index in [1.807, 2.05) is 81.3 Å². The van der Waals surface area contributed by atoms with Crippen molar-refractivity contribution in [1.29, 1.82) is 0 Å². The molecular formula is C111H186N12O6. The van der Waals surface area contributed by atoms with E-state index < -0.39 is 0 Å². The molecule has 0 bridgehead atoms. The van der Waals surface area contributed by atoms with Gasteiger partial charge in [0.1, 0.15) is 34.9 Å². The summed E-state index contributed by atoms with van der Waals surface area (Å²) in [6, 6.07) is 0. The molecule has 0 unspecified atom stereocenters. The second kappa shape index (κ2) is 70.9. The van der Waals surface area contributed by atoms with Gasteiger partial charge < -0.3 is 28.4 Å². The minimum Gasteiger partial charge on any atom is -0.380 e. The fraction of sp³-hybridized carbons (Fsp3) is 0.784. The summed E-state index contributed by atoms with van der Waals surface area (Å²) in [5.74, 6) is 15.4. The Morgan fingerprint density at radius 1 is 0.194 bits per heavy atom. The number of unbranched alkanes of at least 4 members (excludes halogenated alkanes) is 12. The standard InChI is InChI=1S/C21H36N2O.C20H34N2O.C19H32N2O.C18H30N2O.C17H28N2O.C16H26N2O/c1-3-5-7-8-14-24-17-19-15-22-21(23-16-19)20-12-10-18(11-13-20)9-6-4-2;1-3-5-7-13-23-16-18-14-21-20(22-15-18)19-11-9-17(10-12-19)8-6-4-2;1-3-5-7-16-8-10-18(11-9-16)19-20-13-17(14-21-19)15-22-12-6-4-2;1-3-5-6-15-7-9-17(10-8-15)18-19-12-16(13-20-18)14-21-11-4-2;1-3-5-6-14-7-9-16(10-8-14)17-18-11-15(12-19-17)13-20-4-2;1-3-4-5-13-6-8-15(9-7-13)16-17-10-14(11-18-16)12-19-2/h15-16,18,20H,3-14,17H2,1-2H3;14-15,17,19H,3-13,16H2,1-2H3;13-14,16,18H,3-12,15H2,1-2H3;12-13,15,17H,3-11,14H2,1-2H3;11-12,14,16H,3-10,13H2,1-2H3;10-11,13,15H,3-9,12H2,1-2H3/t18-,20-;17-,19-;16-,18-;15-,17-;14-,16-;13-,15-. The molecule has 6 aromatic heterocycles. The number of ether oxygens (including phenoxy) is 6. The summed E-state index contributed by atoms with van der Waals surface area (Å²) < 4.78 is 33.0. The SMILES string of the molecule is CCCCCCOCc1cnc([C@H]2CC[C@H](CCCC)CC2)nc1.CCCCCOCc1cnc([C@H]2CC[C@H](CCCC)CC2)nc1.CCCCOCc1cnc([C@H]2CC[C@H](CCCC)CC2)nc1.CCCC[C@H]1CC[C@H](c2ncc(COC)cn2)CC1.CCCC[C@H]1CC[C@H](c2ncc(COCC)cn2)CC1.CCCC[C@H]1CC[C@H](c2ncc(COCCC)cn2)CC1. The molecule has 0 radical (unpaired) electrons. The molecule has 0 atom stereocenters. The van der Waals surface area contributed by atoms with Gasteiger partial charge in [-0.1, -0.05) is 223 Å². The summed E-state index contributed by atoms with van der Waals surface area (Å²) in [7, 11) is 1.70. The normalized spacial score (nSPS) is 22.1. The van der Waals surface area contributed by atoms with Crippen molar-refractivity contribution in [2.45, 2.75) is 485 Å². The Labute approximate surface area is 787 Å². The topological polar surface area (TPSA) is 210 Å². The second-order valence-electron chi connectivity index (χ2n) is 39.3. The van der Waals surface area contributed by atoms with Crippen molar-refractivity contribution >= 4 is 0 Å². The van der Waals surface area contributed by atoms with Crippen LogP contribution in [0.25, 0.3) is 0 Å². The van der Waals surface area contributed by atoms with Crippen molar-refractivity contribution in [2.75, 3.05) is 40.1 Å². The first-order chi connectivity index (χ1) is 63.5. The van der Waals surface area contributed by atoms with Crippen molar-refractivity contribution in [3.05, 3.63) is 143 Å². The highest BCUT2D eigenvalue weighted by Crippen LogP contribution is 2.42. The van der Waals surface area contributed by atoms with Gasteiger partial charge >= 0.3 is 0 Å². The number of methoxy groups -OCH3 is 1. The predicted octanol–water partition coefficient (Wildman–Crippen LogP) is 30.4. The number of hydrogen-bond acceptors (Lipinski definition) is 18. The summed E-state index contributed by atoms with van der Waals surface area (Å²) in [6.07, 6.45) is 91.6. The van der Waals surface area contributed by atoms with Crippen LogP contribution in [-0.4, -0.2) is 100.0 Å². The van der Waals surface area contributed by atoms with Gasteiger partial charge in [0.2, 0.25) is 0 Å². The first-order valence-electron chi connectivity index (χ1n) is 53.7. The van der Waals surface area contributed by atoms with E-state index in [9.17, 15) is 0 Å². The zero-order valence-electron chi connectivity index (χ0n) is 84.2. The van der Waals surface area contributed by atoms with E-state index in [1.165, 1.54) is 308 Å². The Morgan fingerprint density at radius 2 is 0.380 bits per heavy atom. The molecular weight excluding hydrogens is 1600 g/mol. The molecule has 18 nitrogen and oxygen atoms in total. The number of nitrogens with zero attached hydrogens (tertiary/aromatic N) is 12. The second-order valence-corrected chi connectivity index (χ2v) is 39.3. The van der Waals surface area contributed by atoms with Crippen LogP contribution in [0.3, 0.4) is 0 Å². The van der Waals surface area contributed by atoms with Gasteiger partial charge in [0.25, 0.3) is 0 Å². The van der Waals surface area contributed by atoms with E-state index in [2.05, 4.69) is 129 Å². The fourth-order valence-corrected chi connectivity index (χ4v) is 19.7. The lowest BCUT2D eigenvalue weighted by Crippen LogP contribution is -2.15. The van der Waals surface area contributed by atoms with Crippen LogP contribution in [0, 0.1) is 35.5 Å². The van der Waals surface area contributed by atoms with Crippen molar-refractivity contribution in [3.63, 3.8) is 0 Å². The molecule has 0 amide bonds. The van der Waals surface area contributed by atoms with Crippen molar-refractivity contribution in [1.82, 2.24) is 59.8 Å². The van der Waals surface area contributed by atoms with Crippen LogP contribution in [-0.2, 0) is 68.1 Å². The lowest BCUT2D eigenvalue weighted by molar-refractivity contribution is 0.116. The smallest absolute Gasteiger partial charge is 0.131 e. The van der Waals surface area contributed by atoms with Gasteiger partial charge in [0, 0.05) is 183 Å². The van der Waals surface area contributed by atoms with Crippen LogP contribution >= 0.6 is 0 Å². The molecule has 18 heteroatoms. The maximum absolute atomic E-state index is 5.72. The average molecular weight is 1780 g/mol. The van der Waals surface area contributed by atoms with E-state index in [0.29, 0.717) is 75.1 Å². The van der Waals surface area contributed by atoms with E-state index in [0.717, 1.165) is 163 Å². The average Bonchev–Trinajstić information content (AvgIpc) is 0.882. The molecule has 6 heterocycles. The molecule has 12 rings (SSSR count). The van der Waals surface area contributed by atoms with E-state index in [-0.39, 0.29) is 0 Å². The fourth-order valence-electron chi connectivity index (χ4n) is 19.7. The van der Waals surface area contributed by atoms with E-state index in [1.54, 1.807) is 7.11 Å². The summed E-state index contributed by atoms with van der Waals surface area (Å²) >= 11 is 0. The maximum Gasteiger partial charge on any atom is 0.131 e. The Bertz CT molecular complexity index is 3550. The molecule has 6 saturated carbocycles. The highest BCUT2D eigenvalue weighted by atomic mass is 16.5. The predicted molar refractivity (Wildman–Crippen MR) is 531 cm³/mol. The van der Waals surface area contributed by atoms with E-state index >= 15 is 0 Å². The van der Waals surface area contributed by atoms with E-state index in [4.69, 9.17) is 28.4 Å². The third-order valence-electron chi connectivity index (χ3n) is 28.3. The summed E-state index contributed by atoms with van der Waals surface area (Å²) in [4.78, 5) is 55.0. The van der Waals surface area contributed by atoms with Gasteiger partial charge in [0.15, 0.2) is 0 Å². The third-order valence-corrected chi connectivity index (χ3v) is 28.3. The van der Waals surface area contributed by atoms with Crippen LogP contribution < -0.4 is 0 Å². The zero-order valence-corrected chi connectivity index (χ0v) is 84.2. The minimum absolute atomic E-state index is 0.576. The Hall–Kier alpha value is -5.76. The number of rotatable bonds is 51. The van der Waals surface area contributed by atoms with Gasteiger partial charge in [-0.2, -0.15) is 0 Å². The molecule has 0 saturated heterocycles. The first-order valence-corrected chi connectivity index (χ1v) is 53.7. The molecule has 0 aliphatic heterocycles. The Morgan fingerprint density at radius 3 is 0.581 bits per heavy atom. The summed E-state index contributed by atoms with van der Waals surface area (Å²) in [5, 5.41) is 0. The Balaban J connectivity index is 0.000000212. The summed E-state index contributed by atoms with van der Waals surface area (Å²) in [6.45, 7) is 32.3. The van der Waals surface area contributed by atoms with Crippen LogP contribution in [0.1, 0.15) is 514 Å². The van der Waals surface area contributed by atoms with Crippen molar-refractivity contribution in [3.8, 4) is 0 Å². The highest BCUT2D eigenvalue weighted by Gasteiger charge is 2.30.